The summed E-state index contributed by atoms with van der Waals surface area (Å²) in [6, 6.07) is 17.7. The number of fused-ring (bicyclic) bond motifs is 1. The van der Waals surface area contributed by atoms with Crippen LogP contribution in [0.5, 0.6) is 5.75 Å². The number of ether oxygens (including phenoxy) is 1. The Morgan fingerprint density at radius 2 is 1.93 bits per heavy atom. The number of nitrogens with one attached hydrogen (secondary N) is 1. The van der Waals surface area contributed by atoms with Gasteiger partial charge in [0.2, 0.25) is 5.91 Å². The number of benzene rings is 2. The van der Waals surface area contributed by atoms with Gasteiger partial charge in [0.1, 0.15) is 11.6 Å². The van der Waals surface area contributed by atoms with Crippen LogP contribution in [-0.4, -0.2) is 46.7 Å². The van der Waals surface area contributed by atoms with Gasteiger partial charge in [0.25, 0.3) is 0 Å². The Bertz CT molecular complexity index is 833. The molecule has 1 N–H and O–H groups in total. The topological polar surface area (TPSA) is 58.2 Å². The van der Waals surface area contributed by atoms with Gasteiger partial charge in [-0.3, -0.25) is 4.79 Å². The van der Waals surface area contributed by atoms with Crippen molar-refractivity contribution >= 4 is 28.7 Å². The molecule has 1 aromatic heterocycles. The van der Waals surface area contributed by atoms with Crippen LogP contribution < -0.4 is 4.74 Å². The monoisotopic (exact) mass is 383 g/mol. The highest BCUT2D eigenvalue weighted by Crippen LogP contribution is 2.27. The Morgan fingerprint density at radius 1 is 1.19 bits per heavy atom. The lowest BCUT2D eigenvalue weighted by atomic mass is 10.3. The quantitative estimate of drug-likeness (QED) is 0.560. The second-order valence-corrected chi connectivity index (χ2v) is 7.75. The molecule has 1 amide bonds. The van der Waals surface area contributed by atoms with E-state index in [0.29, 0.717) is 18.9 Å². The van der Waals surface area contributed by atoms with Crippen LogP contribution in [0, 0.1) is 0 Å². The molecule has 3 aromatic rings. The van der Waals surface area contributed by atoms with Crippen molar-refractivity contribution in [1.82, 2.24) is 14.9 Å². The maximum atomic E-state index is 12.3. The Hall–Kier alpha value is -2.47. The summed E-state index contributed by atoms with van der Waals surface area (Å²) in [5.74, 6) is 2.34. The van der Waals surface area contributed by atoms with E-state index in [2.05, 4.69) is 16.9 Å². The first-order valence-electron chi connectivity index (χ1n) is 9.11. The average Bonchev–Trinajstić information content (AvgIpc) is 3.14. The first-order chi connectivity index (χ1) is 13.1. The molecule has 5 nitrogen and oxygen atoms in total. The minimum Gasteiger partial charge on any atom is -0.494 e. The minimum atomic E-state index is 0.127. The highest BCUT2D eigenvalue weighted by molar-refractivity contribution is 8.00. The summed E-state index contributed by atoms with van der Waals surface area (Å²) in [5, 5.41) is 0.135. The second kappa shape index (κ2) is 9.46. The number of imidazole rings is 1. The van der Waals surface area contributed by atoms with Gasteiger partial charge < -0.3 is 14.6 Å². The normalized spacial score (nSPS) is 12.1. The van der Waals surface area contributed by atoms with Gasteiger partial charge in [0, 0.05) is 13.6 Å². The van der Waals surface area contributed by atoms with Gasteiger partial charge in [-0.25, -0.2) is 4.98 Å². The number of para-hydroxylation sites is 3. The number of H-pyrrole nitrogens is 1. The number of nitrogens with zero attached hydrogens (tertiary/aromatic N) is 2. The van der Waals surface area contributed by atoms with E-state index in [4.69, 9.17) is 4.74 Å². The minimum absolute atomic E-state index is 0.127. The fourth-order valence-corrected chi connectivity index (χ4v) is 3.57. The molecule has 0 radical (unpaired) electrons. The Morgan fingerprint density at radius 3 is 2.70 bits per heavy atom. The van der Waals surface area contributed by atoms with Crippen LogP contribution >= 0.6 is 11.8 Å². The maximum absolute atomic E-state index is 12.3. The van der Waals surface area contributed by atoms with Crippen LogP contribution in [0.15, 0.2) is 54.6 Å². The second-order valence-electron chi connectivity index (χ2n) is 6.42. The molecular formula is C21H25N3O2S. The van der Waals surface area contributed by atoms with Crippen molar-refractivity contribution < 1.29 is 9.53 Å². The molecule has 0 spiro atoms. The Labute approximate surface area is 164 Å². The molecule has 6 heteroatoms. The molecule has 2 aromatic carbocycles. The van der Waals surface area contributed by atoms with E-state index in [1.165, 1.54) is 0 Å². The van der Waals surface area contributed by atoms with E-state index >= 15 is 0 Å². The van der Waals surface area contributed by atoms with Gasteiger partial charge in [0.05, 0.1) is 28.6 Å². The van der Waals surface area contributed by atoms with Crippen LogP contribution in [0.2, 0.25) is 0 Å². The summed E-state index contributed by atoms with van der Waals surface area (Å²) < 4.78 is 5.67. The number of hydrogen-bond donors (Lipinski definition) is 1. The third-order valence-corrected chi connectivity index (χ3v) is 5.46. The Kier molecular flexibility index (Phi) is 6.76. The summed E-state index contributed by atoms with van der Waals surface area (Å²) in [7, 11) is 1.84. The molecular weight excluding hydrogens is 358 g/mol. The van der Waals surface area contributed by atoms with Crippen LogP contribution in [0.1, 0.15) is 24.4 Å². The fraction of sp³-hybridized carbons (Fsp3) is 0.333. The molecule has 1 atom stereocenters. The molecule has 142 valence electrons. The van der Waals surface area contributed by atoms with E-state index in [9.17, 15) is 4.79 Å². The molecule has 0 fully saturated rings. The van der Waals surface area contributed by atoms with Crippen molar-refractivity contribution in [2.75, 3.05) is 26.0 Å². The first-order valence-corrected chi connectivity index (χ1v) is 10.2. The maximum Gasteiger partial charge on any atom is 0.232 e. The predicted octanol–water partition coefficient (Wildman–Crippen LogP) is 4.28. The van der Waals surface area contributed by atoms with Crippen LogP contribution in [0.3, 0.4) is 0 Å². The number of aromatic nitrogens is 2. The lowest BCUT2D eigenvalue weighted by Crippen LogP contribution is -2.30. The summed E-state index contributed by atoms with van der Waals surface area (Å²) in [4.78, 5) is 22.1. The van der Waals surface area contributed by atoms with Crippen LogP contribution in [0.4, 0.5) is 0 Å². The molecule has 0 bridgehead atoms. The van der Waals surface area contributed by atoms with E-state index in [-0.39, 0.29) is 11.2 Å². The number of aromatic amines is 1. The van der Waals surface area contributed by atoms with Crippen molar-refractivity contribution in [2.24, 2.45) is 0 Å². The van der Waals surface area contributed by atoms with Crippen molar-refractivity contribution in [3.05, 3.63) is 60.4 Å². The molecule has 3 rings (SSSR count). The van der Waals surface area contributed by atoms with Crippen LogP contribution in [-0.2, 0) is 4.79 Å². The number of rotatable bonds is 9. The smallest absolute Gasteiger partial charge is 0.232 e. The molecule has 1 unspecified atom stereocenters. The van der Waals surface area contributed by atoms with Gasteiger partial charge >= 0.3 is 0 Å². The van der Waals surface area contributed by atoms with Gasteiger partial charge in [0.15, 0.2) is 0 Å². The lowest BCUT2D eigenvalue weighted by Gasteiger charge is -2.18. The zero-order valence-electron chi connectivity index (χ0n) is 15.7. The first kappa shape index (κ1) is 19.3. The molecule has 1 heterocycles. The number of carbonyl (C=O) groups is 1. The zero-order valence-corrected chi connectivity index (χ0v) is 16.5. The van der Waals surface area contributed by atoms with Crippen molar-refractivity contribution in [2.45, 2.75) is 18.6 Å². The zero-order chi connectivity index (χ0) is 19.1. The van der Waals surface area contributed by atoms with Gasteiger partial charge in [-0.15, -0.1) is 11.8 Å². The number of amides is 1. The molecule has 0 saturated heterocycles. The molecule has 0 saturated carbocycles. The van der Waals surface area contributed by atoms with Gasteiger partial charge in [-0.2, -0.15) is 0 Å². The van der Waals surface area contributed by atoms with E-state index < -0.39 is 0 Å². The molecule has 27 heavy (non-hydrogen) atoms. The van der Waals surface area contributed by atoms with Crippen molar-refractivity contribution in [3.8, 4) is 5.75 Å². The summed E-state index contributed by atoms with van der Waals surface area (Å²) in [6.07, 6.45) is 0.806. The number of hydrogen-bond acceptors (Lipinski definition) is 4. The highest BCUT2D eigenvalue weighted by atomic mass is 32.2. The van der Waals surface area contributed by atoms with Gasteiger partial charge in [-0.05, 0) is 37.6 Å². The van der Waals surface area contributed by atoms with Gasteiger partial charge in [-0.1, -0.05) is 30.3 Å². The molecule has 0 aliphatic heterocycles. The Balaban J connectivity index is 1.38. The highest BCUT2D eigenvalue weighted by Gasteiger charge is 2.15. The van der Waals surface area contributed by atoms with E-state index in [0.717, 1.165) is 29.0 Å². The lowest BCUT2D eigenvalue weighted by molar-refractivity contribution is -0.127. The predicted molar refractivity (Wildman–Crippen MR) is 111 cm³/mol. The average molecular weight is 384 g/mol. The summed E-state index contributed by atoms with van der Waals surface area (Å²) in [5.41, 5.74) is 1.99. The number of carbonyl (C=O) groups excluding carboxylic acids is 1. The molecule has 0 aliphatic carbocycles. The number of thioether (sulfide) groups is 1. The molecule has 0 aliphatic rings. The third kappa shape index (κ3) is 5.50. The van der Waals surface area contributed by atoms with E-state index in [1.807, 2.05) is 61.6 Å². The van der Waals surface area contributed by atoms with Crippen molar-refractivity contribution in [1.29, 1.82) is 0 Å². The summed E-state index contributed by atoms with van der Waals surface area (Å²) in [6.45, 7) is 3.36. The largest absolute Gasteiger partial charge is 0.494 e. The fourth-order valence-electron chi connectivity index (χ4n) is 2.68. The summed E-state index contributed by atoms with van der Waals surface area (Å²) >= 11 is 1.60. The standard InChI is InChI=1S/C21H25N3O2S/c1-16(21-22-18-11-6-7-12-19(18)23-21)27-15-20(25)24(2)13-8-14-26-17-9-4-3-5-10-17/h3-7,9-12,16H,8,13-15H2,1-2H3,(H,22,23). The van der Waals surface area contributed by atoms with E-state index in [1.54, 1.807) is 16.7 Å². The third-order valence-electron chi connectivity index (χ3n) is 4.33. The SMILES string of the molecule is CC(SCC(=O)N(C)CCCOc1ccccc1)c1nc2ccccc2[nH]1. The van der Waals surface area contributed by atoms with Crippen LogP contribution in [0.25, 0.3) is 11.0 Å². The van der Waals surface area contributed by atoms with Crippen molar-refractivity contribution in [3.63, 3.8) is 0 Å².